The fourth-order valence-corrected chi connectivity index (χ4v) is 4.40. The van der Waals surface area contributed by atoms with Crippen LogP contribution < -0.4 is 10.9 Å². The summed E-state index contributed by atoms with van der Waals surface area (Å²) in [6.45, 7) is 6.92. The Labute approximate surface area is 203 Å². The second-order valence-electron chi connectivity index (χ2n) is 9.03. The lowest BCUT2D eigenvalue weighted by atomic mass is 10.1. The Morgan fingerprint density at radius 1 is 1.17 bits per heavy atom. The number of nitrogens with one attached hydrogen (secondary N) is 2. The van der Waals surface area contributed by atoms with E-state index in [1.807, 2.05) is 20.8 Å². The van der Waals surface area contributed by atoms with Crippen molar-refractivity contribution in [2.24, 2.45) is 7.05 Å². The molecule has 192 valence electrons. The highest BCUT2D eigenvalue weighted by Crippen LogP contribution is 2.34. The molecule has 15 heteroatoms. The van der Waals surface area contributed by atoms with Gasteiger partial charge in [-0.25, -0.2) is 33.3 Å². The minimum atomic E-state index is -4.68. The molecule has 0 spiro atoms. The van der Waals surface area contributed by atoms with Crippen LogP contribution in [0.3, 0.4) is 0 Å². The zero-order valence-corrected chi connectivity index (χ0v) is 20.8. The molecule has 0 aliphatic rings. The monoisotopic (exact) mass is 524 g/mol. The van der Waals surface area contributed by atoms with Crippen LogP contribution in [-0.4, -0.2) is 54.7 Å². The van der Waals surface area contributed by atoms with Crippen molar-refractivity contribution in [3.8, 4) is 11.4 Å². The van der Waals surface area contributed by atoms with Gasteiger partial charge in [-0.3, -0.25) is 10.2 Å². The number of aromatic nitrogens is 6. The number of halogens is 3. The zero-order valence-electron chi connectivity index (χ0n) is 20.0. The number of carbonyl (C=O) groups is 1. The summed E-state index contributed by atoms with van der Waals surface area (Å²) in [6, 6.07) is 2.14. The standard InChI is InChI=1S/C21H23F3N8O3S/c1-6-36(34,35)19-15(17-27-11-9-14(21(22,23)24)26-10-13(11)31(17)5)16-25-8-7-12(32(16)29-19)18(33)28-30-20(2,3)4/h7-10,30H,6H2,1-5H3,(H,28,33). The second-order valence-corrected chi connectivity index (χ2v) is 11.2. The Balaban J connectivity index is 1.98. The molecule has 0 aliphatic carbocycles. The van der Waals surface area contributed by atoms with Gasteiger partial charge in [0.25, 0.3) is 5.91 Å². The van der Waals surface area contributed by atoms with Gasteiger partial charge in [-0.1, -0.05) is 6.92 Å². The van der Waals surface area contributed by atoms with Gasteiger partial charge in [0.05, 0.1) is 23.0 Å². The van der Waals surface area contributed by atoms with Crippen molar-refractivity contribution in [3.05, 3.63) is 35.9 Å². The molecule has 1 amide bonds. The molecule has 11 nitrogen and oxygen atoms in total. The van der Waals surface area contributed by atoms with Gasteiger partial charge in [0.1, 0.15) is 22.8 Å². The maximum absolute atomic E-state index is 13.2. The van der Waals surface area contributed by atoms with Crippen molar-refractivity contribution in [1.29, 1.82) is 0 Å². The summed E-state index contributed by atoms with van der Waals surface area (Å²) in [7, 11) is -2.46. The number of amides is 1. The largest absolute Gasteiger partial charge is 0.433 e. The van der Waals surface area contributed by atoms with Crippen molar-refractivity contribution in [1.82, 2.24) is 40.0 Å². The smallest absolute Gasteiger partial charge is 0.326 e. The third kappa shape index (κ3) is 4.51. The van der Waals surface area contributed by atoms with Gasteiger partial charge < -0.3 is 4.57 Å². The van der Waals surface area contributed by atoms with E-state index < -0.39 is 38.2 Å². The molecule has 0 aromatic carbocycles. The average Bonchev–Trinajstić information content (AvgIpc) is 3.34. The average molecular weight is 525 g/mol. The Morgan fingerprint density at radius 2 is 1.86 bits per heavy atom. The van der Waals surface area contributed by atoms with E-state index in [-0.39, 0.29) is 39.5 Å². The van der Waals surface area contributed by atoms with Crippen LogP contribution in [0.4, 0.5) is 13.2 Å². The molecule has 4 rings (SSSR count). The first-order chi connectivity index (χ1) is 16.6. The van der Waals surface area contributed by atoms with Gasteiger partial charge in [0.2, 0.25) is 0 Å². The predicted octanol–water partition coefficient (Wildman–Crippen LogP) is 2.52. The second kappa shape index (κ2) is 8.51. The van der Waals surface area contributed by atoms with Crippen molar-refractivity contribution < 1.29 is 26.4 Å². The highest BCUT2D eigenvalue weighted by molar-refractivity contribution is 7.91. The van der Waals surface area contributed by atoms with Crippen LogP contribution in [0, 0.1) is 0 Å². The van der Waals surface area contributed by atoms with Gasteiger partial charge >= 0.3 is 6.18 Å². The van der Waals surface area contributed by atoms with Gasteiger partial charge in [-0.05, 0) is 32.9 Å². The van der Waals surface area contributed by atoms with Crippen LogP contribution in [0.15, 0.2) is 29.6 Å². The van der Waals surface area contributed by atoms with Crippen molar-refractivity contribution in [3.63, 3.8) is 0 Å². The minimum Gasteiger partial charge on any atom is -0.326 e. The number of alkyl halides is 3. The third-order valence-corrected chi connectivity index (χ3v) is 6.86. The van der Waals surface area contributed by atoms with E-state index >= 15 is 0 Å². The molecule has 0 fully saturated rings. The molecular formula is C21H23F3N8O3S. The number of nitrogens with zero attached hydrogens (tertiary/aromatic N) is 6. The van der Waals surface area contributed by atoms with E-state index in [9.17, 15) is 26.4 Å². The van der Waals surface area contributed by atoms with Gasteiger partial charge in [-0.15, -0.1) is 0 Å². The van der Waals surface area contributed by atoms with Crippen LogP contribution in [0.25, 0.3) is 28.1 Å². The van der Waals surface area contributed by atoms with Crippen molar-refractivity contribution >= 4 is 32.4 Å². The first-order valence-corrected chi connectivity index (χ1v) is 12.4. The van der Waals surface area contributed by atoms with Gasteiger partial charge in [0.15, 0.2) is 20.5 Å². The maximum atomic E-state index is 13.2. The number of pyridine rings is 1. The summed E-state index contributed by atoms with van der Waals surface area (Å²) < 4.78 is 68.0. The summed E-state index contributed by atoms with van der Waals surface area (Å²) >= 11 is 0. The number of rotatable bonds is 5. The fourth-order valence-electron chi connectivity index (χ4n) is 3.42. The molecule has 0 bridgehead atoms. The lowest BCUT2D eigenvalue weighted by Crippen LogP contribution is -2.49. The Kier molecular flexibility index (Phi) is 6.03. The minimum absolute atomic E-state index is 0.00558. The molecule has 4 aromatic heterocycles. The SMILES string of the molecule is CCS(=O)(=O)c1nn2c(C(=O)NNC(C)(C)C)ccnc2c1-c1nc2cc(C(F)(F)F)ncc2n1C. The quantitative estimate of drug-likeness (QED) is 0.380. The number of imidazole rings is 1. The molecule has 0 saturated heterocycles. The molecular weight excluding hydrogens is 501 g/mol. The van der Waals surface area contributed by atoms with Crippen LogP contribution in [0.1, 0.15) is 43.9 Å². The molecule has 0 aliphatic heterocycles. The first kappa shape index (κ1) is 25.5. The lowest BCUT2D eigenvalue weighted by Gasteiger charge is -2.20. The molecule has 0 atom stereocenters. The highest BCUT2D eigenvalue weighted by atomic mass is 32.2. The van der Waals surface area contributed by atoms with Crippen LogP contribution >= 0.6 is 0 Å². The predicted molar refractivity (Wildman–Crippen MR) is 124 cm³/mol. The maximum Gasteiger partial charge on any atom is 0.433 e. The Morgan fingerprint density at radius 3 is 2.47 bits per heavy atom. The summed E-state index contributed by atoms with van der Waals surface area (Å²) in [4.78, 5) is 24.8. The number of hydrazine groups is 1. The van der Waals surface area contributed by atoms with Crippen LogP contribution in [-0.2, 0) is 23.1 Å². The topological polar surface area (TPSA) is 136 Å². The number of hydrogen-bond acceptors (Lipinski definition) is 8. The molecule has 0 unspecified atom stereocenters. The number of sulfone groups is 1. The third-order valence-electron chi connectivity index (χ3n) is 5.23. The lowest BCUT2D eigenvalue weighted by molar-refractivity contribution is -0.141. The number of hydrogen-bond donors (Lipinski definition) is 2. The normalized spacial score (nSPS) is 13.0. The van der Waals surface area contributed by atoms with E-state index in [0.717, 1.165) is 16.8 Å². The molecule has 4 aromatic rings. The van der Waals surface area contributed by atoms with Gasteiger partial charge in [-0.2, -0.15) is 18.3 Å². The summed E-state index contributed by atoms with van der Waals surface area (Å²) in [6.07, 6.45) is -2.36. The van der Waals surface area contributed by atoms with E-state index in [1.54, 1.807) is 0 Å². The Bertz CT molecular complexity index is 1600. The Hall–Kier alpha value is -3.59. The fraction of sp³-hybridized carbons (Fsp3) is 0.381. The molecule has 0 radical (unpaired) electrons. The summed E-state index contributed by atoms with van der Waals surface area (Å²) in [5.41, 5.74) is 3.91. The zero-order chi connectivity index (χ0) is 26.6. The summed E-state index contributed by atoms with van der Waals surface area (Å²) in [5.74, 6) is -0.914. The first-order valence-electron chi connectivity index (χ1n) is 10.7. The van der Waals surface area contributed by atoms with Crippen LogP contribution in [0.5, 0.6) is 0 Å². The number of fused-ring (bicyclic) bond motifs is 2. The van der Waals surface area contributed by atoms with Crippen molar-refractivity contribution in [2.45, 2.75) is 44.4 Å². The number of aryl methyl sites for hydroxylation is 1. The van der Waals surface area contributed by atoms with Crippen LogP contribution in [0.2, 0.25) is 0 Å². The number of carbonyl (C=O) groups excluding carboxylic acids is 1. The van der Waals surface area contributed by atoms with E-state index in [1.165, 1.54) is 30.8 Å². The molecule has 2 N–H and O–H groups in total. The molecule has 0 saturated carbocycles. The van der Waals surface area contributed by atoms with E-state index in [4.69, 9.17) is 0 Å². The van der Waals surface area contributed by atoms with Crippen molar-refractivity contribution in [2.75, 3.05) is 5.75 Å². The van der Waals surface area contributed by atoms with Gasteiger partial charge in [0, 0.05) is 18.8 Å². The summed E-state index contributed by atoms with van der Waals surface area (Å²) in [5, 5.41) is 3.79. The highest BCUT2D eigenvalue weighted by Gasteiger charge is 2.34. The molecule has 4 heterocycles. The van der Waals surface area contributed by atoms with E-state index in [2.05, 4.69) is 30.9 Å². The molecule has 36 heavy (non-hydrogen) atoms. The van der Waals surface area contributed by atoms with E-state index in [0.29, 0.717) is 0 Å².